The fourth-order valence-corrected chi connectivity index (χ4v) is 2.98. The van der Waals surface area contributed by atoms with E-state index in [1.807, 2.05) is 0 Å². The molecule has 1 heteroatoms. The molecule has 0 aromatic heterocycles. The predicted octanol–water partition coefficient (Wildman–Crippen LogP) is 2.73. The SMILES string of the molecule is OC(C1CCCC1)C1CCCC1. The highest BCUT2D eigenvalue weighted by molar-refractivity contribution is 4.82. The molecule has 2 aliphatic rings. The molecule has 0 atom stereocenters. The lowest BCUT2D eigenvalue weighted by Gasteiger charge is -2.23. The van der Waals surface area contributed by atoms with Gasteiger partial charge in [-0.25, -0.2) is 0 Å². The minimum Gasteiger partial charge on any atom is -0.393 e. The molecule has 0 unspecified atom stereocenters. The van der Waals surface area contributed by atoms with Gasteiger partial charge in [0.2, 0.25) is 0 Å². The van der Waals surface area contributed by atoms with Crippen LogP contribution < -0.4 is 0 Å². The normalized spacial score (nSPS) is 27.5. The van der Waals surface area contributed by atoms with E-state index in [4.69, 9.17) is 0 Å². The molecule has 1 N–H and O–H groups in total. The fourth-order valence-electron chi connectivity index (χ4n) is 2.98. The smallest absolute Gasteiger partial charge is 0.0596 e. The maximum absolute atomic E-state index is 10.0. The first-order valence-electron chi connectivity index (χ1n) is 5.56. The van der Waals surface area contributed by atoms with Crippen molar-refractivity contribution < 1.29 is 5.11 Å². The summed E-state index contributed by atoms with van der Waals surface area (Å²) in [7, 11) is 0. The third-order valence-electron chi connectivity index (χ3n) is 3.77. The van der Waals surface area contributed by atoms with Crippen LogP contribution in [0.5, 0.6) is 0 Å². The van der Waals surface area contributed by atoms with Crippen molar-refractivity contribution in [2.24, 2.45) is 11.8 Å². The lowest BCUT2D eigenvalue weighted by atomic mass is 9.89. The molecule has 70 valence electrons. The number of aliphatic hydroxyl groups excluding tert-OH is 1. The summed E-state index contributed by atoms with van der Waals surface area (Å²) in [5.41, 5.74) is 0. The van der Waals surface area contributed by atoms with E-state index in [0.29, 0.717) is 11.8 Å². The van der Waals surface area contributed by atoms with Crippen molar-refractivity contribution in [2.75, 3.05) is 0 Å². The Morgan fingerprint density at radius 3 is 1.42 bits per heavy atom. The number of aliphatic hydroxyl groups is 1. The lowest BCUT2D eigenvalue weighted by molar-refractivity contribution is 0.0552. The van der Waals surface area contributed by atoms with E-state index in [1.165, 1.54) is 51.4 Å². The quantitative estimate of drug-likeness (QED) is 0.672. The van der Waals surface area contributed by atoms with Crippen LogP contribution in [-0.4, -0.2) is 11.2 Å². The van der Waals surface area contributed by atoms with Crippen LogP contribution in [0.2, 0.25) is 0 Å². The molecule has 0 aliphatic heterocycles. The van der Waals surface area contributed by atoms with Crippen LogP contribution in [-0.2, 0) is 0 Å². The van der Waals surface area contributed by atoms with Crippen LogP contribution in [0, 0.1) is 11.8 Å². The van der Waals surface area contributed by atoms with Gasteiger partial charge in [0.25, 0.3) is 0 Å². The van der Waals surface area contributed by atoms with Crippen LogP contribution >= 0.6 is 0 Å². The van der Waals surface area contributed by atoms with E-state index >= 15 is 0 Å². The van der Waals surface area contributed by atoms with Crippen LogP contribution in [0.3, 0.4) is 0 Å². The second kappa shape index (κ2) is 3.78. The summed E-state index contributed by atoms with van der Waals surface area (Å²) >= 11 is 0. The molecule has 0 bridgehead atoms. The van der Waals surface area contributed by atoms with Crippen LogP contribution in [0.1, 0.15) is 51.4 Å². The van der Waals surface area contributed by atoms with Gasteiger partial charge in [-0.15, -0.1) is 0 Å². The van der Waals surface area contributed by atoms with Gasteiger partial charge in [-0.3, -0.25) is 0 Å². The zero-order valence-corrected chi connectivity index (χ0v) is 7.84. The molecule has 2 rings (SSSR count). The van der Waals surface area contributed by atoms with Gasteiger partial charge >= 0.3 is 0 Å². The maximum Gasteiger partial charge on any atom is 0.0596 e. The monoisotopic (exact) mass is 168 g/mol. The van der Waals surface area contributed by atoms with Gasteiger partial charge in [-0.2, -0.15) is 0 Å². The maximum atomic E-state index is 10.0. The first-order chi connectivity index (χ1) is 5.88. The molecule has 0 spiro atoms. The van der Waals surface area contributed by atoms with Crippen molar-refractivity contribution in [1.29, 1.82) is 0 Å². The Kier molecular flexibility index (Phi) is 2.69. The summed E-state index contributed by atoms with van der Waals surface area (Å²) in [6, 6.07) is 0. The topological polar surface area (TPSA) is 20.2 Å². The van der Waals surface area contributed by atoms with Gasteiger partial charge in [-0.1, -0.05) is 25.7 Å². The summed E-state index contributed by atoms with van der Waals surface area (Å²) in [5.74, 6) is 1.32. The Morgan fingerprint density at radius 1 is 0.750 bits per heavy atom. The summed E-state index contributed by atoms with van der Waals surface area (Å²) in [6.07, 6.45) is 10.6. The number of rotatable bonds is 2. The third kappa shape index (κ3) is 1.66. The summed E-state index contributed by atoms with van der Waals surface area (Å²) in [6.45, 7) is 0. The summed E-state index contributed by atoms with van der Waals surface area (Å²) in [5, 5.41) is 10.0. The highest BCUT2D eigenvalue weighted by Crippen LogP contribution is 2.36. The van der Waals surface area contributed by atoms with Crippen molar-refractivity contribution in [2.45, 2.75) is 57.5 Å². The fraction of sp³-hybridized carbons (Fsp3) is 1.00. The van der Waals surface area contributed by atoms with Gasteiger partial charge in [0.1, 0.15) is 0 Å². The Hall–Kier alpha value is -0.0400. The highest BCUT2D eigenvalue weighted by atomic mass is 16.3. The Labute approximate surface area is 75.2 Å². The van der Waals surface area contributed by atoms with E-state index in [1.54, 1.807) is 0 Å². The molecular formula is C11H20O. The van der Waals surface area contributed by atoms with Gasteiger partial charge in [-0.05, 0) is 37.5 Å². The molecule has 2 aliphatic carbocycles. The summed E-state index contributed by atoms with van der Waals surface area (Å²) < 4.78 is 0. The summed E-state index contributed by atoms with van der Waals surface area (Å²) in [4.78, 5) is 0. The van der Waals surface area contributed by atoms with Gasteiger partial charge in [0, 0.05) is 0 Å². The van der Waals surface area contributed by atoms with E-state index in [-0.39, 0.29) is 6.10 Å². The first-order valence-corrected chi connectivity index (χ1v) is 5.56. The van der Waals surface area contributed by atoms with E-state index in [0.717, 1.165) is 0 Å². The molecule has 12 heavy (non-hydrogen) atoms. The minimum atomic E-state index is 0.0509. The van der Waals surface area contributed by atoms with Crippen LogP contribution in [0.4, 0.5) is 0 Å². The minimum absolute atomic E-state index is 0.0509. The molecule has 1 nitrogen and oxygen atoms in total. The zero-order chi connectivity index (χ0) is 8.39. The zero-order valence-electron chi connectivity index (χ0n) is 7.84. The molecule has 0 aromatic rings. The Balaban J connectivity index is 1.84. The van der Waals surface area contributed by atoms with Crippen molar-refractivity contribution in [3.63, 3.8) is 0 Å². The van der Waals surface area contributed by atoms with Crippen molar-refractivity contribution in [1.82, 2.24) is 0 Å². The van der Waals surface area contributed by atoms with Crippen molar-refractivity contribution in [3.05, 3.63) is 0 Å². The second-order valence-corrected chi connectivity index (χ2v) is 4.58. The average Bonchev–Trinajstić information content (AvgIpc) is 2.77. The Bertz CT molecular complexity index is 116. The largest absolute Gasteiger partial charge is 0.393 e. The lowest BCUT2D eigenvalue weighted by Crippen LogP contribution is -2.25. The van der Waals surface area contributed by atoms with E-state index in [9.17, 15) is 5.11 Å². The molecule has 0 amide bonds. The standard InChI is InChI=1S/C11H20O/c12-11(9-5-1-2-6-9)10-7-3-4-8-10/h9-12H,1-8H2. The van der Waals surface area contributed by atoms with Gasteiger partial charge in [0.15, 0.2) is 0 Å². The molecular weight excluding hydrogens is 148 g/mol. The molecule has 0 aromatic carbocycles. The Morgan fingerprint density at radius 2 is 1.08 bits per heavy atom. The first kappa shape index (κ1) is 8.55. The van der Waals surface area contributed by atoms with Crippen molar-refractivity contribution in [3.8, 4) is 0 Å². The van der Waals surface area contributed by atoms with Gasteiger partial charge in [0.05, 0.1) is 6.10 Å². The molecule has 2 saturated carbocycles. The second-order valence-electron chi connectivity index (χ2n) is 4.58. The van der Waals surface area contributed by atoms with Gasteiger partial charge < -0.3 is 5.11 Å². The predicted molar refractivity (Wildman–Crippen MR) is 49.9 cm³/mol. The third-order valence-corrected chi connectivity index (χ3v) is 3.77. The van der Waals surface area contributed by atoms with Crippen LogP contribution in [0.15, 0.2) is 0 Å². The number of hydrogen-bond donors (Lipinski definition) is 1. The number of hydrogen-bond acceptors (Lipinski definition) is 1. The van der Waals surface area contributed by atoms with E-state index in [2.05, 4.69) is 0 Å². The molecule has 2 fully saturated rings. The molecule has 0 heterocycles. The van der Waals surface area contributed by atoms with Crippen molar-refractivity contribution >= 4 is 0 Å². The average molecular weight is 168 g/mol. The molecule has 0 saturated heterocycles. The molecule has 0 radical (unpaired) electrons. The van der Waals surface area contributed by atoms with Crippen LogP contribution in [0.25, 0.3) is 0 Å². The van der Waals surface area contributed by atoms with E-state index < -0.39 is 0 Å². The highest BCUT2D eigenvalue weighted by Gasteiger charge is 2.31.